The number of benzene rings is 3. The van der Waals surface area contributed by atoms with Gasteiger partial charge in [0.25, 0.3) is 0 Å². The van der Waals surface area contributed by atoms with Crippen LogP contribution in [0.25, 0.3) is 10.8 Å². The first-order chi connectivity index (χ1) is 9.84. The van der Waals surface area contributed by atoms with Gasteiger partial charge >= 0.3 is 0 Å². The zero-order valence-corrected chi connectivity index (χ0v) is 11.9. The molecule has 0 aliphatic rings. The van der Waals surface area contributed by atoms with E-state index in [1.165, 1.54) is 10.5 Å². The van der Waals surface area contributed by atoms with Crippen molar-refractivity contribution in [2.45, 2.75) is 11.3 Å². The Morgan fingerprint density at radius 1 is 0.750 bits per heavy atom. The lowest BCUT2D eigenvalue weighted by molar-refractivity contribution is 0.481. The van der Waals surface area contributed by atoms with Gasteiger partial charge in [0.15, 0.2) is 0 Å². The Morgan fingerprint density at radius 3 is 2.25 bits per heavy atom. The summed E-state index contributed by atoms with van der Waals surface area (Å²) in [5.41, 5.74) is 1.36. The van der Waals surface area contributed by atoms with Crippen LogP contribution in [-0.4, -0.2) is 10.9 Å². The highest BCUT2D eigenvalue weighted by Crippen LogP contribution is 2.33. The first-order valence-corrected chi connectivity index (χ1v) is 7.70. The number of rotatable bonds is 4. The van der Waals surface area contributed by atoms with Gasteiger partial charge in [-0.05, 0) is 29.5 Å². The second-order valence-corrected chi connectivity index (χ2v) is 5.85. The van der Waals surface area contributed by atoms with Crippen LogP contribution in [0.1, 0.15) is 5.56 Å². The molecule has 0 saturated heterocycles. The van der Waals surface area contributed by atoms with Crippen molar-refractivity contribution in [3.05, 3.63) is 72.3 Å². The summed E-state index contributed by atoms with van der Waals surface area (Å²) in [4.78, 5) is 1.23. The summed E-state index contributed by atoms with van der Waals surface area (Å²) in [6, 6.07) is 22.3. The molecular formula is C18H16OS. The van der Waals surface area contributed by atoms with E-state index in [-0.39, 0.29) is 0 Å². The van der Waals surface area contributed by atoms with Crippen LogP contribution in [0.3, 0.4) is 0 Å². The third kappa shape index (κ3) is 2.81. The normalized spacial score (nSPS) is 10.8. The SMILES string of the molecule is Oc1ccc(SCCc2ccccc2)c2ccccc12. The van der Waals surface area contributed by atoms with Gasteiger partial charge in [-0.1, -0.05) is 54.6 Å². The summed E-state index contributed by atoms with van der Waals surface area (Å²) < 4.78 is 0. The minimum Gasteiger partial charge on any atom is -0.507 e. The molecule has 0 unspecified atom stereocenters. The standard InChI is InChI=1S/C18H16OS/c19-17-10-11-18(16-9-5-4-8-15(16)17)20-13-12-14-6-2-1-3-7-14/h1-11,19H,12-13H2. The summed E-state index contributed by atoms with van der Waals surface area (Å²) in [6.45, 7) is 0. The van der Waals surface area contributed by atoms with Crippen molar-refractivity contribution < 1.29 is 5.11 Å². The van der Waals surface area contributed by atoms with Gasteiger partial charge in [0, 0.05) is 16.0 Å². The van der Waals surface area contributed by atoms with Crippen LogP contribution in [0.2, 0.25) is 0 Å². The topological polar surface area (TPSA) is 20.2 Å². The lowest BCUT2D eigenvalue weighted by atomic mass is 10.1. The van der Waals surface area contributed by atoms with Gasteiger partial charge in [-0.2, -0.15) is 0 Å². The average Bonchev–Trinajstić information content (AvgIpc) is 2.51. The first kappa shape index (κ1) is 13.1. The molecule has 0 fully saturated rings. The monoisotopic (exact) mass is 280 g/mol. The number of hydrogen-bond acceptors (Lipinski definition) is 2. The van der Waals surface area contributed by atoms with E-state index in [0.29, 0.717) is 5.75 Å². The number of hydrogen-bond donors (Lipinski definition) is 1. The predicted molar refractivity (Wildman–Crippen MR) is 86.5 cm³/mol. The molecule has 2 heteroatoms. The van der Waals surface area contributed by atoms with E-state index in [4.69, 9.17) is 0 Å². The summed E-state index contributed by atoms with van der Waals surface area (Å²) in [7, 11) is 0. The molecule has 0 heterocycles. The minimum atomic E-state index is 0.355. The highest BCUT2D eigenvalue weighted by atomic mass is 32.2. The highest BCUT2D eigenvalue weighted by Gasteiger charge is 2.05. The third-order valence-corrected chi connectivity index (χ3v) is 4.43. The van der Waals surface area contributed by atoms with Gasteiger partial charge in [0.2, 0.25) is 0 Å². The van der Waals surface area contributed by atoms with E-state index >= 15 is 0 Å². The molecule has 0 spiro atoms. The van der Waals surface area contributed by atoms with E-state index < -0.39 is 0 Å². The van der Waals surface area contributed by atoms with E-state index in [0.717, 1.165) is 22.9 Å². The Kier molecular flexibility index (Phi) is 3.93. The lowest BCUT2D eigenvalue weighted by Crippen LogP contribution is -1.88. The zero-order valence-electron chi connectivity index (χ0n) is 11.1. The minimum absolute atomic E-state index is 0.355. The molecule has 1 N–H and O–H groups in total. The van der Waals surface area contributed by atoms with Crippen LogP contribution in [0.5, 0.6) is 5.75 Å². The molecule has 3 rings (SSSR count). The number of phenols is 1. The molecule has 0 aromatic heterocycles. The number of phenolic OH excluding ortho intramolecular Hbond substituents is 1. The molecule has 0 radical (unpaired) electrons. The number of aryl methyl sites for hydroxylation is 1. The molecule has 0 bridgehead atoms. The van der Waals surface area contributed by atoms with Crippen LogP contribution >= 0.6 is 11.8 Å². The molecule has 0 atom stereocenters. The molecule has 0 aliphatic heterocycles. The smallest absolute Gasteiger partial charge is 0.123 e. The number of fused-ring (bicyclic) bond motifs is 1. The Labute approximate surface area is 123 Å². The fourth-order valence-electron chi connectivity index (χ4n) is 2.30. The van der Waals surface area contributed by atoms with Crippen LogP contribution in [0.4, 0.5) is 0 Å². The van der Waals surface area contributed by atoms with Gasteiger partial charge in [0.05, 0.1) is 0 Å². The second-order valence-electron chi connectivity index (χ2n) is 4.71. The Hall–Kier alpha value is -1.93. The van der Waals surface area contributed by atoms with Crippen LogP contribution in [0.15, 0.2) is 71.6 Å². The molecule has 100 valence electrons. The summed E-state index contributed by atoms with van der Waals surface area (Å²) in [5, 5.41) is 11.9. The fourth-order valence-corrected chi connectivity index (χ4v) is 3.36. The van der Waals surface area contributed by atoms with Crippen molar-refractivity contribution in [2.24, 2.45) is 0 Å². The summed E-state index contributed by atoms with van der Waals surface area (Å²) in [6.07, 6.45) is 1.06. The van der Waals surface area contributed by atoms with Gasteiger partial charge in [-0.3, -0.25) is 0 Å². The van der Waals surface area contributed by atoms with Crippen molar-refractivity contribution in [2.75, 3.05) is 5.75 Å². The highest BCUT2D eigenvalue weighted by molar-refractivity contribution is 7.99. The van der Waals surface area contributed by atoms with Gasteiger partial charge < -0.3 is 5.11 Å². The summed E-state index contributed by atoms with van der Waals surface area (Å²) >= 11 is 1.84. The molecular weight excluding hydrogens is 264 g/mol. The molecule has 20 heavy (non-hydrogen) atoms. The van der Waals surface area contributed by atoms with Crippen LogP contribution in [0, 0.1) is 0 Å². The summed E-state index contributed by atoms with van der Waals surface area (Å²) in [5.74, 6) is 1.40. The Morgan fingerprint density at radius 2 is 1.45 bits per heavy atom. The fraction of sp³-hybridized carbons (Fsp3) is 0.111. The zero-order chi connectivity index (χ0) is 13.8. The van der Waals surface area contributed by atoms with Gasteiger partial charge in [-0.25, -0.2) is 0 Å². The van der Waals surface area contributed by atoms with Crippen molar-refractivity contribution in [1.82, 2.24) is 0 Å². The van der Waals surface area contributed by atoms with E-state index in [9.17, 15) is 5.11 Å². The molecule has 1 nitrogen and oxygen atoms in total. The van der Waals surface area contributed by atoms with Gasteiger partial charge in [0.1, 0.15) is 5.75 Å². The molecule has 3 aromatic carbocycles. The first-order valence-electron chi connectivity index (χ1n) is 6.72. The van der Waals surface area contributed by atoms with Crippen LogP contribution in [-0.2, 0) is 6.42 Å². The van der Waals surface area contributed by atoms with Crippen molar-refractivity contribution in [3.63, 3.8) is 0 Å². The quantitative estimate of drug-likeness (QED) is 0.687. The number of aromatic hydroxyl groups is 1. The maximum atomic E-state index is 9.89. The Balaban J connectivity index is 1.77. The van der Waals surface area contributed by atoms with Crippen molar-refractivity contribution in [3.8, 4) is 5.75 Å². The number of thioether (sulfide) groups is 1. The van der Waals surface area contributed by atoms with E-state index in [2.05, 4.69) is 30.3 Å². The van der Waals surface area contributed by atoms with E-state index in [1.807, 2.05) is 42.1 Å². The lowest BCUT2D eigenvalue weighted by Gasteiger charge is -2.08. The average molecular weight is 280 g/mol. The maximum Gasteiger partial charge on any atom is 0.123 e. The van der Waals surface area contributed by atoms with Crippen molar-refractivity contribution >= 4 is 22.5 Å². The van der Waals surface area contributed by atoms with Crippen LogP contribution < -0.4 is 0 Å². The molecule has 0 saturated carbocycles. The van der Waals surface area contributed by atoms with E-state index in [1.54, 1.807) is 6.07 Å². The largest absolute Gasteiger partial charge is 0.507 e. The predicted octanol–water partition coefficient (Wildman–Crippen LogP) is 4.88. The molecule has 0 amide bonds. The molecule has 0 aliphatic carbocycles. The maximum absolute atomic E-state index is 9.89. The molecule has 3 aromatic rings. The van der Waals surface area contributed by atoms with Crippen molar-refractivity contribution in [1.29, 1.82) is 0 Å². The Bertz CT molecular complexity index is 707. The second kappa shape index (κ2) is 6.02. The third-order valence-electron chi connectivity index (χ3n) is 3.35. The van der Waals surface area contributed by atoms with Gasteiger partial charge in [-0.15, -0.1) is 11.8 Å².